The summed E-state index contributed by atoms with van der Waals surface area (Å²) in [7, 11) is 0. The number of nitrogens with one attached hydrogen (secondary N) is 1. The first kappa shape index (κ1) is 13.6. The van der Waals surface area contributed by atoms with Gasteiger partial charge in [-0.3, -0.25) is 0 Å². The molecule has 0 saturated heterocycles. The lowest BCUT2D eigenvalue weighted by Crippen LogP contribution is -2.42. The van der Waals surface area contributed by atoms with Gasteiger partial charge >= 0.3 is 0 Å². The smallest absolute Gasteiger partial charge is 0.0771 e. The Morgan fingerprint density at radius 2 is 1.78 bits per heavy atom. The molecular weight excluding hydrogens is 222 g/mol. The lowest BCUT2D eigenvalue weighted by molar-refractivity contribution is 0.00466. The summed E-state index contributed by atoms with van der Waals surface area (Å²) in [6.07, 6.45) is 6.60. The maximum Gasteiger partial charge on any atom is 0.0771 e. The van der Waals surface area contributed by atoms with E-state index in [1.54, 1.807) is 0 Å². The molecule has 1 aromatic carbocycles. The molecule has 1 aliphatic rings. The van der Waals surface area contributed by atoms with Gasteiger partial charge in [0.25, 0.3) is 0 Å². The minimum absolute atomic E-state index is 0.459. The van der Waals surface area contributed by atoms with Gasteiger partial charge in [0, 0.05) is 13.1 Å². The molecule has 100 valence electrons. The standard InChI is InChI=1S/C16H25NO/c1-2-14-8-4-5-9-15(14)12-17-13-16(18)10-6-3-7-11-16/h4-5,8-9,17-18H,2-3,6-7,10-13H2,1H3. The second-order valence-corrected chi connectivity index (χ2v) is 5.51. The topological polar surface area (TPSA) is 32.3 Å². The second-order valence-electron chi connectivity index (χ2n) is 5.51. The van der Waals surface area contributed by atoms with Crippen molar-refractivity contribution >= 4 is 0 Å². The van der Waals surface area contributed by atoms with Crippen LogP contribution in [0.1, 0.15) is 50.2 Å². The first-order valence-electron chi connectivity index (χ1n) is 7.23. The summed E-state index contributed by atoms with van der Waals surface area (Å²) in [4.78, 5) is 0. The molecule has 2 N–H and O–H groups in total. The van der Waals surface area contributed by atoms with Crippen LogP contribution in [0, 0.1) is 0 Å². The summed E-state index contributed by atoms with van der Waals surface area (Å²) in [6.45, 7) is 3.78. The molecule has 0 radical (unpaired) electrons. The third-order valence-corrected chi connectivity index (χ3v) is 4.05. The van der Waals surface area contributed by atoms with E-state index in [4.69, 9.17) is 0 Å². The van der Waals surface area contributed by atoms with Gasteiger partial charge in [-0.25, -0.2) is 0 Å². The maximum absolute atomic E-state index is 10.4. The molecule has 18 heavy (non-hydrogen) atoms. The fourth-order valence-corrected chi connectivity index (χ4v) is 2.89. The zero-order valence-electron chi connectivity index (χ0n) is 11.4. The fourth-order valence-electron chi connectivity index (χ4n) is 2.89. The summed E-state index contributed by atoms with van der Waals surface area (Å²) in [5, 5.41) is 13.8. The van der Waals surface area contributed by atoms with Crippen molar-refractivity contribution in [2.24, 2.45) is 0 Å². The number of aryl methyl sites for hydroxylation is 1. The Morgan fingerprint density at radius 3 is 2.44 bits per heavy atom. The van der Waals surface area contributed by atoms with Crippen molar-refractivity contribution in [3.05, 3.63) is 35.4 Å². The normalized spacial score (nSPS) is 18.8. The Bertz CT molecular complexity index is 369. The Labute approximate surface area is 110 Å². The van der Waals surface area contributed by atoms with Crippen molar-refractivity contribution in [2.75, 3.05) is 6.54 Å². The van der Waals surface area contributed by atoms with E-state index in [1.165, 1.54) is 30.4 Å². The quantitative estimate of drug-likeness (QED) is 0.838. The highest BCUT2D eigenvalue weighted by Gasteiger charge is 2.28. The van der Waals surface area contributed by atoms with E-state index in [-0.39, 0.29) is 0 Å². The van der Waals surface area contributed by atoms with Gasteiger partial charge in [0.2, 0.25) is 0 Å². The average Bonchev–Trinajstić information content (AvgIpc) is 2.40. The molecular formula is C16H25NO. The molecule has 0 atom stereocenters. The minimum atomic E-state index is -0.459. The molecule has 2 heteroatoms. The largest absolute Gasteiger partial charge is 0.389 e. The van der Waals surface area contributed by atoms with Gasteiger partial charge in [-0.1, -0.05) is 50.5 Å². The van der Waals surface area contributed by atoms with Crippen LogP contribution in [0.3, 0.4) is 0 Å². The van der Waals surface area contributed by atoms with Gasteiger partial charge in [0.1, 0.15) is 0 Å². The summed E-state index contributed by atoms with van der Waals surface area (Å²) in [5.41, 5.74) is 2.31. The van der Waals surface area contributed by atoms with Gasteiger partial charge in [-0.2, -0.15) is 0 Å². The Morgan fingerprint density at radius 1 is 1.11 bits per heavy atom. The van der Waals surface area contributed by atoms with Crippen molar-refractivity contribution in [2.45, 2.75) is 57.6 Å². The van der Waals surface area contributed by atoms with Crippen molar-refractivity contribution in [3.63, 3.8) is 0 Å². The Balaban J connectivity index is 1.84. The number of rotatable bonds is 5. The third kappa shape index (κ3) is 3.56. The van der Waals surface area contributed by atoms with Gasteiger partial charge in [-0.15, -0.1) is 0 Å². The SMILES string of the molecule is CCc1ccccc1CNCC1(O)CCCCC1. The zero-order chi connectivity index (χ0) is 12.8. The first-order chi connectivity index (χ1) is 8.73. The van der Waals surface area contributed by atoms with Crippen LogP contribution >= 0.6 is 0 Å². The maximum atomic E-state index is 10.4. The van der Waals surface area contributed by atoms with Gasteiger partial charge in [0.05, 0.1) is 5.60 Å². The molecule has 0 spiro atoms. The van der Waals surface area contributed by atoms with Crippen LogP contribution in [-0.2, 0) is 13.0 Å². The summed E-state index contributed by atoms with van der Waals surface area (Å²) in [5.74, 6) is 0. The van der Waals surface area contributed by atoms with Crippen LogP contribution in [-0.4, -0.2) is 17.3 Å². The van der Waals surface area contributed by atoms with E-state index in [0.717, 1.165) is 32.4 Å². The highest BCUT2D eigenvalue weighted by molar-refractivity contribution is 5.26. The van der Waals surface area contributed by atoms with E-state index in [1.807, 2.05) is 0 Å². The predicted octanol–water partition coefficient (Wildman–Crippen LogP) is 3.03. The van der Waals surface area contributed by atoms with Crippen LogP contribution in [0.4, 0.5) is 0 Å². The van der Waals surface area contributed by atoms with Crippen LogP contribution < -0.4 is 5.32 Å². The second kappa shape index (κ2) is 6.35. The van der Waals surface area contributed by atoms with E-state index in [0.29, 0.717) is 0 Å². The van der Waals surface area contributed by atoms with E-state index >= 15 is 0 Å². The van der Waals surface area contributed by atoms with Crippen LogP contribution in [0.5, 0.6) is 0 Å². The molecule has 1 aromatic rings. The van der Waals surface area contributed by atoms with Crippen LogP contribution in [0.25, 0.3) is 0 Å². The van der Waals surface area contributed by atoms with Crippen molar-refractivity contribution < 1.29 is 5.11 Å². The Kier molecular flexibility index (Phi) is 4.79. The van der Waals surface area contributed by atoms with E-state index in [9.17, 15) is 5.11 Å². The van der Waals surface area contributed by atoms with Crippen molar-refractivity contribution in [3.8, 4) is 0 Å². The van der Waals surface area contributed by atoms with E-state index < -0.39 is 5.60 Å². The average molecular weight is 247 g/mol. The molecule has 0 aromatic heterocycles. The molecule has 0 bridgehead atoms. The summed E-state index contributed by atoms with van der Waals surface area (Å²) < 4.78 is 0. The molecule has 0 heterocycles. The highest BCUT2D eigenvalue weighted by atomic mass is 16.3. The van der Waals surface area contributed by atoms with Crippen LogP contribution in [0.2, 0.25) is 0 Å². The minimum Gasteiger partial charge on any atom is -0.389 e. The fraction of sp³-hybridized carbons (Fsp3) is 0.625. The highest BCUT2D eigenvalue weighted by Crippen LogP contribution is 2.27. The van der Waals surface area contributed by atoms with Gasteiger partial charge < -0.3 is 10.4 Å². The number of hydrogen-bond acceptors (Lipinski definition) is 2. The molecule has 2 rings (SSSR count). The molecule has 0 aliphatic heterocycles. The molecule has 1 fully saturated rings. The van der Waals surface area contributed by atoms with Crippen molar-refractivity contribution in [1.82, 2.24) is 5.32 Å². The molecule has 1 saturated carbocycles. The van der Waals surface area contributed by atoms with Gasteiger partial charge in [-0.05, 0) is 30.4 Å². The summed E-state index contributed by atoms with van der Waals surface area (Å²) >= 11 is 0. The molecule has 0 amide bonds. The van der Waals surface area contributed by atoms with Gasteiger partial charge in [0.15, 0.2) is 0 Å². The lowest BCUT2D eigenvalue weighted by atomic mass is 9.85. The van der Waals surface area contributed by atoms with Crippen molar-refractivity contribution in [1.29, 1.82) is 0 Å². The monoisotopic (exact) mass is 247 g/mol. The zero-order valence-corrected chi connectivity index (χ0v) is 11.4. The number of hydrogen-bond donors (Lipinski definition) is 2. The van der Waals surface area contributed by atoms with E-state index in [2.05, 4.69) is 36.5 Å². The third-order valence-electron chi connectivity index (χ3n) is 4.05. The Hall–Kier alpha value is -0.860. The first-order valence-corrected chi connectivity index (χ1v) is 7.23. The summed E-state index contributed by atoms with van der Waals surface area (Å²) in [6, 6.07) is 8.55. The number of benzene rings is 1. The number of aliphatic hydroxyl groups is 1. The lowest BCUT2D eigenvalue weighted by Gasteiger charge is -2.32. The molecule has 0 unspecified atom stereocenters. The molecule has 1 aliphatic carbocycles. The van der Waals surface area contributed by atoms with Crippen LogP contribution in [0.15, 0.2) is 24.3 Å². The predicted molar refractivity (Wildman–Crippen MR) is 75.6 cm³/mol. The molecule has 2 nitrogen and oxygen atoms in total.